The summed E-state index contributed by atoms with van der Waals surface area (Å²) in [6, 6.07) is 0. The van der Waals surface area contributed by atoms with Crippen molar-refractivity contribution in [3.63, 3.8) is 0 Å². The molecule has 0 N–H and O–H groups in total. The third-order valence-electron chi connectivity index (χ3n) is 5.08. The molecule has 0 aliphatic carbocycles. The van der Waals surface area contributed by atoms with Gasteiger partial charge in [-0.1, -0.05) is 20.3 Å². The van der Waals surface area contributed by atoms with Crippen LogP contribution in [0, 0.1) is 5.92 Å². The van der Waals surface area contributed by atoms with Gasteiger partial charge in [0, 0.05) is 19.6 Å². The lowest BCUT2D eigenvalue weighted by Gasteiger charge is -2.41. The Kier molecular flexibility index (Phi) is 5.64. The minimum atomic E-state index is -0.913. The summed E-state index contributed by atoms with van der Waals surface area (Å²) >= 11 is 0. The lowest BCUT2D eigenvalue weighted by molar-refractivity contribution is 0.0149. The molecule has 0 unspecified atom stereocenters. The maximum atomic E-state index is 14.9. The van der Waals surface area contributed by atoms with Crippen LogP contribution in [0.4, 0.5) is 4.39 Å². The molecule has 0 atom stereocenters. The molecule has 0 spiro atoms. The first kappa shape index (κ1) is 15.2. The van der Waals surface area contributed by atoms with Gasteiger partial charge in [0.15, 0.2) is 0 Å². The molecular weight excluding hydrogens is 239 g/mol. The zero-order valence-electron chi connectivity index (χ0n) is 12.8. The van der Waals surface area contributed by atoms with Crippen LogP contribution in [0.2, 0.25) is 0 Å². The number of hydrogen-bond donors (Lipinski definition) is 0. The Hall–Kier alpha value is -0.150. The topological polar surface area (TPSA) is 6.48 Å². The molecule has 2 aliphatic rings. The third-order valence-corrected chi connectivity index (χ3v) is 5.08. The number of nitrogens with zero attached hydrogens (tertiary/aromatic N) is 2. The second-order valence-corrected chi connectivity index (χ2v) is 6.62. The minimum absolute atomic E-state index is 0.684. The summed E-state index contributed by atoms with van der Waals surface area (Å²) in [7, 11) is 0. The molecule has 2 aliphatic heterocycles. The maximum Gasteiger partial charge on any atom is 0.126 e. The molecule has 112 valence electrons. The first-order chi connectivity index (χ1) is 9.15. The van der Waals surface area contributed by atoms with Crippen LogP contribution in [0.3, 0.4) is 0 Å². The van der Waals surface area contributed by atoms with Gasteiger partial charge >= 0.3 is 0 Å². The zero-order chi connectivity index (χ0) is 13.7. The van der Waals surface area contributed by atoms with Crippen LogP contribution in [-0.2, 0) is 0 Å². The molecule has 2 rings (SSSR count). The summed E-state index contributed by atoms with van der Waals surface area (Å²) in [6.07, 6.45) is 6.49. The summed E-state index contributed by atoms with van der Waals surface area (Å²) in [5.41, 5.74) is -0.913. The molecule has 2 saturated heterocycles. The van der Waals surface area contributed by atoms with Gasteiger partial charge in [-0.25, -0.2) is 4.39 Å². The maximum absolute atomic E-state index is 14.9. The highest BCUT2D eigenvalue weighted by molar-refractivity contribution is 4.90. The van der Waals surface area contributed by atoms with Crippen molar-refractivity contribution in [1.82, 2.24) is 9.80 Å². The predicted molar refractivity (Wildman–Crippen MR) is 79.3 cm³/mol. The van der Waals surface area contributed by atoms with Gasteiger partial charge in [-0.2, -0.15) is 0 Å². The number of piperidine rings is 2. The van der Waals surface area contributed by atoms with Gasteiger partial charge in [0.05, 0.1) is 0 Å². The van der Waals surface area contributed by atoms with E-state index in [1.807, 2.05) is 0 Å². The van der Waals surface area contributed by atoms with Crippen LogP contribution in [0.1, 0.15) is 52.4 Å². The van der Waals surface area contributed by atoms with E-state index < -0.39 is 5.67 Å². The van der Waals surface area contributed by atoms with Crippen molar-refractivity contribution in [1.29, 1.82) is 0 Å². The van der Waals surface area contributed by atoms with Crippen LogP contribution in [0.5, 0.6) is 0 Å². The molecule has 0 bridgehead atoms. The molecule has 2 heterocycles. The number of halogens is 1. The molecule has 0 amide bonds. The second kappa shape index (κ2) is 7.03. The van der Waals surface area contributed by atoms with E-state index in [0.717, 1.165) is 51.5 Å². The molecule has 3 heteroatoms. The molecule has 0 aromatic rings. The Morgan fingerprint density at radius 1 is 1.00 bits per heavy atom. The third kappa shape index (κ3) is 4.42. The number of likely N-dealkylation sites (tertiary alicyclic amines) is 2. The Bertz CT molecular complexity index is 253. The second-order valence-electron chi connectivity index (χ2n) is 6.62. The SMILES string of the molecule is CCCN1CCC(F)(CN2CCC(CC)CC2)CC1. The molecule has 2 fully saturated rings. The lowest BCUT2D eigenvalue weighted by Crippen LogP contribution is -2.49. The van der Waals surface area contributed by atoms with Gasteiger partial charge < -0.3 is 9.80 Å². The standard InChI is InChI=1S/C16H31FN2/c1-3-9-18-12-7-16(17,8-13-18)14-19-10-5-15(4-2)6-11-19/h15H,3-14H2,1-2H3. The molecule has 0 saturated carbocycles. The quantitative estimate of drug-likeness (QED) is 0.756. The summed E-state index contributed by atoms with van der Waals surface area (Å²) in [5.74, 6) is 0.887. The van der Waals surface area contributed by atoms with Crippen molar-refractivity contribution in [2.75, 3.05) is 39.3 Å². The van der Waals surface area contributed by atoms with Crippen molar-refractivity contribution in [3.05, 3.63) is 0 Å². The van der Waals surface area contributed by atoms with E-state index in [1.165, 1.54) is 25.7 Å². The fraction of sp³-hybridized carbons (Fsp3) is 1.00. The normalized spacial score (nSPS) is 26.7. The monoisotopic (exact) mass is 270 g/mol. The van der Waals surface area contributed by atoms with Gasteiger partial charge in [0.1, 0.15) is 5.67 Å². The van der Waals surface area contributed by atoms with Gasteiger partial charge in [0.25, 0.3) is 0 Å². The highest BCUT2D eigenvalue weighted by Crippen LogP contribution is 2.30. The van der Waals surface area contributed by atoms with E-state index in [-0.39, 0.29) is 0 Å². The summed E-state index contributed by atoms with van der Waals surface area (Å²) < 4.78 is 14.9. The van der Waals surface area contributed by atoms with Gasteiger partial charge in [-0.05, 0) is 57.7 Å². The first-order valence-electron chi connectivity index (χ1n) is 8.29. The smallest absolute Gasteiger partial charge is 0.126 e. The lowest BCUT2D eigenvalue weighted by atomic mass is 9.90. The Labute approximate surface area is 118 Å². The van der Waals surface area contributed by atoms with Crippen molar-refractivity contribution in [2.45, 2.75) is 58.0 Å². The zero-order valence-corrected chi connectivity index (χ0v) is 12.8. The van der Waals surface area contributed by atoms with Crippen molar-refractivity contribution in [3.8, 4) is 0 Å². The van der Waals surface area contributed by atoms with E-state index in [1.54, 1.807) is 0 Å². The fourth-order valence-electron chi connectivity index (χ4n) is 3.61. The van der Waals surface area contributed by atoms with Crippen molar-refractivity contribution < 1.29 is 4.39 Å². The summed E-state index contributed by atoms with van der Waals surface area (Å²) in [4.78, 5) is 4.79. The van der Waals surface area contributed by atoms with Crippen molar-refractivity contribution >= 4 is 0 Å². The largest absolute Gasteiger partial charge is 0.303 e. The molecule has 0 aromatic heterocycles. The number of alkyl halides is 1. The van der Waals surface area contributed by atoms with E-state index >= 15 is 0 Å². The average molecular weight is 270 g/mol. The predicted octanol–water partition coefficient (Wildman–Crippen LogP) is 3.32. The summed E-state index contributed by atoms with van der Waals surface area (Å²) in [6.45, 7) is 10.4. The molecule has 2 nitrogen and oxygen atoms in total. The fourth-order valence-corrected chi connectivity index (χ4v) is 3.61. The number of hydrogen-bond acceptors (Lipinski definition) is 2. The van der Waals surface area contributed by atoms with Crippen LogP contribution >= 0.6 is 0 Å². The van der Waals surface area contributed by atoms with E-state index in [2.05, 4.69) is 23.6 Å². The average Bonchev–Trinajstić information content (AvgIpc) is 2.43. The van der Waals surface area contributed by atoms with Gasteiger partial charge in [-0.15, -0.1) is 0 Å². The highest BCUT2D eigenvalue weighted by atomic mass is 19.1. The molecule has 19 heavy (non-hydrogen) atoms. The highest BCUT2D eigenvalue weighted by Gasteiger charge is 2.36. The number of rotatable bonds is 5. The Morgan fingerprint density at radius 2 is 1.63 bits per heavy atom. The van der Waals surface area contributed by atoms with Crippen LogP contribution < -0.4 is 0 Å². The molecule has 0 radical (unpaired) electrons. The molecule has 0 aromatic carbocycles. The molecular formula is C16H31FN2. The van der Waals surface area contributed by atoms with E-state index in [4.69, 9.17) is 0 Å². The van der Waals surface area contributed by atoms with E-state index in [9.17, 15) is 4.39 Å². The Morgan fingerprint density at radius 3 is 2.16 bits per heavy atom. The van der Waals surface area contributed by atoms with Crippen LogP contribution in [0.25, 0.3) is 0 Å². The van der Waals surface area contributed by atoms with E-state index in [0.29, 0.717) is 6.54 Å². The van der Waals surface area contributed by atoms with Crippen molar-refractivity contribution in [2.24, 2.45) is 5.92 Å². The van der Waals surface area contributed by atoms with Gasteiger partial charge in [-0.3, -0.25) is 0 Å². The van der Waals surface area contributed by atoms with Crippen LogP contribution in [0.15, 0.2) is 0 Å². The first-order valence-corrected chi connectivity index (χ1v) is 8.29. The van der Waals surface area contributed by atoms with Crippen LogP contribution in [-0.4, -0.2) is 54.7 Å². The minimum Gasteiger partial charge on any atom is -0.303 e. The summed E-state index contributed by atoms with van der Waals surface area (Å²) in [5, 5.41) is 0. The van der Waals surface area contributed by atoms with Gasteiger partial charge in [0.2, 0.25) is 0 Å². The Balaban J connectivity index is 1.73.